The van der Waals surface area contributed by atoms with Crippen LogP contribution in [0.3, 0.4) is 0 Å². The smallest absolute Gasteiger partial charge is 0.272 e. The number of hydrogen-bond acceptors (Lipinski definition) is 5. The number of para-hydroxylation sites is 1. The van der Waals surface area contributed by atoms with E-state index in [1.54, 1.807) is 0 Å². The molecular weight excluding hydrogens is 390 g/mol. The molecule has 0 unspecified atom stereocenters. The number of aromatic nitrogens is 3. The zero-order valence-electron chi connectivity index (χ0n) is 17.8. The molecule has 1 aromatic carbocycles. The predicted molar refractivity (Wildman–Crippen MR) is 120 cm³/mol. The van der Waals surface area contributed by atoms with E-state index in [9.17, 15) is 4.79 Å². The second kappa shape index (κ2) is 8.51. The maximum absolute atomic E-state index is 13.1. The highest BCUT2D eigenvalue weighted by Gasteiger charge is 2.25. The SMILES string of the molecule is Cc1ccccc1NC(=O)c1cc(-c2cnc(N3CCOCC3)nc2)cn1CC1CC1. The molecule has 7 heteroatoms. The van der Waals surface area contributed by atoms with Crippen molar-refractivity contribution in [2.45, 2.75) is 26.3 Å². The van der Waals surface area contributed by atoms with Gasteiger partial charge in [-0.2, -0.15) is 0 Å². The van der Waals surface area contributed by atoms with Crippen LogP contribution in [0.2, 0.25) is 0 Å². The van der Waals surface area contributed by atoms with Crippen molar-refractivity contribution in [2.24, 2.45) is 5.92 Å². The molecule has 0 bridgehead atoms. The number of morpholine rings is 1. The summed E-state index contributed by atoms with van der Waals surface area (Å²) in [4.78, 5) is 24.4. The Labute approximate surface area is 182 Å². The molecule has 1 amide bonds. The zero-order valence-corrected chi connectivity index (χ0v) is 17.8. The first-order valence-electron chi connectivity index (χ1n) is 10.9. The van der Waals surface area contributed by atoms with Crippen LogP contribution in [0.4, 0.5) is 11.6 Å². The van der Waals surface area contributed by atoms with Crippen LogP contribution in [-0.2, 0) is 11.3 Å². The van der Waals surface area contributed by atoms with Gasteiger partial charge < -0.3 is 19.5 Å². The van der Waals surface area contributed by atoms with Crippen LogP contribution in [0, 0.1) is 12.8 Å². The first-order chi connectivity index (χ1) is 15.2. The molecule has 1 N–H and O–H groups in total. The van der Waals surface area contributed by atoms with E-state index in [0.29, 0.717) is 24.8 Å². The number of nitrogens with zero attached hydrogens (tertiary/aromatic N) is 4. The molecule has 160 valence electrons. The van der Waals surface area contributed by atoms with Crippen LogP contribution >= 0.6 is 0 Å². The average molecular weight is 418 g/mol. The summed E-state index contributed by atoms with van der Waals surface area (Å²) < 4.78 is 7.48. The van der Waals surface area contributed by atoms with Crippen molar-refractivity contribution in [1.29, 1.82) is 0 Å². The normalized spacial score (nSPS) is 16.4. The van der Waals surface area contributed by atoms with E-state index in [4.69, 9.17) is 4.74 Å². The number of benzene rings is 1. The van der Waals surface area contributed by atoms with E-state index in [0.717, 1.165) is 48.0 Å². The first-order valence-corrected chi connectivity index (χ1v) is 10.9. The molecule has 5 rings (SSSR count). The molecule has 1 saturated heterocycles. The van der Waals surface area contributed by atoms with Gasteiger partial charge in [-0.05, 0) is 43.4 Å². The van der Waals surface area contributed by atoms with Gasteiger partial charge in [0.1, 0.15) is 5.69 Å². The van der Waals surface area contributed by atoms with E-state index >= 15 is 0 Å². The third-order valence-corrected chi connectivity index (χ3v) is 5.94. The van der Waals surface area contributed by atoms with Crippen LogP contribution in [0.25, 0.3) is 11.1 Å². The molecule has 1 aliphatic carbocycles. The van der Waals surface area contributed by atoms with Crippen LogP contribution in [0.1, 0.15) is 28.9 Å². The number of hydrogen-bond donors (Lipinski definition) is 1. The summed E-state index contributed by atoms with van der Waals surface area (Å²) in [6.07, 6.45) is 8.20. The topological polar surface area (TPSA) is 72.3 Å². The van der Waals surface area contributed by atoms with Gasteiger partial charge in [0.2, 0.25) is 5.95 Å². The largest absolute Gasteiger partial charge is 0.378 e. The standard InChI is InChI=1S/C24H27N5O2/c1-17-4-2-3-5-21(17)27-23(30)22-12-19(16-29(22)15-18-6-7-18)20-13-25-24(26-14-20)28-8-10-31-11-9-28/h2-5,12-14,16,18H,6-11,15H2,1H3,(H,27,30). The van der Waals surface area contributed by atoms with Gasteiger partial charge in [0.25, 0.3) is 5.91 Å². The van der Waals surface area contributed by atoms with E-state index in [2.05, 4.69) is 30.9 Å². The molecule has 0 radical (unpaired) electrons. The fourth-order valence-corrected chi connectivity index (χ4v) is 3.88. The number of carbonyl (C=O) groups is 1. The number of anilines is 2. The molecule has 0 spiro atoms. The molecule has 31 heavy (non-hydrogen) atoms. The maximum atomic E-state index is 13.1. The molecule has 3 aromatic rings. The summed E-state index contributed by atoms with van der Waals surface area (Å²) in [5, 5.41) is 3.07. The van der Waals surface area contributed by atoms with Crippen LogP contribution in [-0.4, -0.2) is 46.7 Å². The Morgan fingerprint density at radius 2 is 1.87 bits per heavy atom. The lowest BCUT2D eigenvalue weighted by molar-refractivity contribution is 0.101. The lowest BCUT2D eigenvalue weighted by atomic mass is 10.1. The molecule has 7 nitrogen and oxygen atoms in total. The molecule has 0 atom stereocenters. The van der Waals surface area contributed by atoms with Gasteiger partial charge in [0, 0.05) is 55.0 Å². The van der Waals surface area contributed by atoms with Gasteiger partial charge in [-0.1, -0.05) is 18.2 Å². The van der Waals surface area contributed by atoms with Crippen molar-refractivity contribution in [3.63, 3.8) is 0 Å². The van der Waals surface area contributed by atoms with Crippen LogP contribution in [0.5, 0.6) is 0 Å². The molecule has 2 aliphatic rings. The highest BCUT2D eigenvalue weighted by molar-refractivity contribution is 6.04. The lowest BCUT2D eigenvalue weighted by Crippen LogP contribution is -2.37. The molecule has 2 fully saturated rings. The zero-order chi connectivity index (χ0) is 21.2. The fraction of sp³-hybridized carbons (Fsp3) is 0.375. The number of aryl methyl sites for hydroxylation is 1. The summed E-state index contributed by atoms with van der Waals surface area (Å²) in [6.45, 7) is 5.88. The van der Waals surface area contributed by atoms with Crippen molar-refractivity contribution in [3.05, 3.63) is 60.2 Å². The number of rotatable bonds is 6. The predicted octanol–water partition coefficient (Wildman–Crippen LogP) is 3.75. The van der Waals surface area contributed by atoms with Gasteiger partial charge in [-0.25, -0.2) is 9.97 Å². The first kappa shape index (κ1) is 19.8. The minimum Gasteiger partial charge on any atom is -0.378 e. The number of amides is 1. The van der Waals surface area contributed by atoms with E-state index in [-0.39, 0.29) is 5.91 Å². The van der Waals surface area contributed by atoms with Crippen molar-refractivity contribution < 1.29 is 9.53 Å². The summed E-state index contributed by atoms with van der Waals surface area (Å²) in [6, 6.07) is 9.78. The Balaban J connectivity index is 1.40. The summed E-state index contributed by atoms with van der Waals surface area (Å²) in [7, 11) is 0. The van der Waals surface area contributed by atoms with Crippen molar-refractivity contribution in [3.8, 4) is 11.1 Å². The molecule has 2 aromatic heterocycles. The Kier molecular flexibility index (Phi) is 5.42. The Hall–Kier alpha value is -3.19. The van der Waals surface area contributed by atoms with Crippen LogP contribution < -0.4 is 10.2 Å². The average Bonchev–Trinajstić information content (AvgIpc) is 3.52. The van der Waals surface area contributed by atoms with Crippen molar-refractivity contribution >= 4 is 17.5 Å². The summed E-state index contributed by atoms with van der Waals surface area (Å²) >= 11 is 0. The summed E-state index contributed by atoms with van der Waals surface area (Å²) in [5.74, 6) is 1.29. The minimum absolute atomic E-state index is 0.0907. The van der Waals surface area contributed by atoms with Gasteiger partial charge in [-0.3, -0.25) is 4.79 Å². The number of nitrogens with one attached hydrogen (secondary N) is 1. The van der Waals surface area contributed by atoms with E-state index < -0.39 is 0 Å². The minimum atomic E-state index is -0.0907. The Morgan fingerprint density at radius 3 is 2.58 bits per heavy atom. The maximum Gasteiger partial charge on any atom is 0.272 e. The fourth-order valence-electron chi connectivity index (χ4n) is 3.88. The van der Waals surface area contributed by atoms with Crippen molar-refractivity contribution in [2.75, 3.05) is 36.5 Å². The van der Waals surface area contributed by atoms with Gasteiger partial charge in [-0.15, -0.1) is 0 Å². The van der Waals surface area contributed by atoms with Crippen molar-refractivity contribution in [1.82, 2.24) is 14.5 Å². The molecule has 3 heterocycles. The molecular formula is C24H27N5O2. The van der Waals surface area contributed by atoms with Gasteiger partial charge in [0.05, 0.1) is 13.2 Å². The highest BCUT2D eigenvalue weighted by atomic mass is 16.5. The number of carbonyl (C=O) groups excluding carboxylic acids is 1. The Morgan fingerprint density at radius 1 is 1.13 bits per heavy atom. The monoisotopic (exact) mass is 417 g/mol. The summed E-state index contributed by atoms with van der Waals surface area (Å²) in [5.41, 5.74) is 4.43. The van der Waals surface area contributed by atoms with E-state index in [1.165, 1.54) is 12.8 Å². The van der Waals surface area contributed by atoms with Crippen LogP contribution in [0.15, 0.2) is 48.9 Å². The number of ether oxygens (including phenoxy) is 1. The molecule has 1 saturated carbocycles. The third kappa shape index (κ3) is 4.46. The quantitative estimate of drug-likeness (QED) is 0.661. The Bertz CT molecular complexity index is 1070. The van der Waals surface area contributed by atoms with E-state index in [1.807, 2.05) is 49.6 Å². The second-order valence-electron chi connectivity index (χ2n) is 8.35. The second-order valence-corrected chi connectivity index (χ2v) is 8.35. The third-order valence-electron chi connectivity index (χ3n) is 5.94. The highest BCUT2D eigenvalue weighted by Crippen LogP contribution is 2.33. The molecule has 1 aliphatic heterocycles. The van der Waals surface area contributed by atoms with Gasteiger partial charge >= 0.3 is 0 Å². The lowest BCUT2D eigenvalue weighted by Gasteiger charge is -2.26. The van der Waals surface area contributed by atoms with Gasteiger partial charge in [0.15, 0.2) is 0 Å².